The molecule has 2 N–H and O–H groups in total. The summed E-state index contributed by atoms with van der Waals surface area (Å²) in [5.74, 6) is 0.947. The molecule has 0 saturated carbocycles. The predicted molar refractivity (Wildman–Crippen MR) is 96.3 cm³/mol. The zero-order valence-electron chi connectivity index (χ0n) is 15.6. The maximum atomic E-state index is 10.1. The van der Waals surface area contributed by atoms with E-state index in [0.717, 1.165) is 17.7 Å². The lowest BCUT2D eigenvalue weighted by atomic mass is 9.83. The molecule has 0 bridgehead atoms. The molecule has 0 aromatic heterocycles. The van der Waals surface area contributed by atoms with Gasteiger partial charge in [0.1, 0.15) is 5.75 Å². The second kappa shape index (κ2) is 8.70. The van der Waals surface area contributed by atoms with Gasteiger partial charge in [0, 0.05) is 5.56 Å². The first-order valence-electron chi connectivity index (χ1n) is 8.83. The van der Waals surface area contributed by atoms with Crippen molar-refractivity contribution in [1.82, 2.24) is 0 Å². The van der Waals surface area contributed by atoms with E-state index in [9.17, 15) is 10.2 Å². The number of benzene rings is 1. The quantitative estimate of drug-likeness (QED) is 0.756. The fourth-order valence-corrected chi connectivity index (χ4v) is 2.89. The van der Waals surface area contributed by atoms with Gasteiger partial charge in [-0.25, -0.2) is 0 Å². The summed E-state index contributed by atoms with van der Waals surface area (Å²) in [6, 6.07) is 4.33. The molecule has 1 aromatic rings. The summed E-state index contributed by atoms with van der Waals surface area (Å²) in [5.41, 5.74) is 3.54. The first-order valence-corrected chi connectivity index (χ1v) is 8.83. The van der Waals surface area contributed by atoms with Crippen molar-refractivity contribution < 1.29 is 14.9 Å². The number of rotatable bonds is 8. The van der Waals surface area contributed by atoms with E-state index in [2.05, 4.69) is 39.8 Å². The predicted octanol–water partition coefficient (Wildman–Crippen LogP) is 4.15. The van der Waals surface area contributed by atoms with Gasteiger partial charge in [-0.05, 0) is 44.1 Å². The average Bonchev–Trinajstić information content (AvgIpc) is 2.45. The topological polar surface area (TPSA) is 49.7 Å². The molecule has 132 valence electrons. The Morgan fingerprint density at radius 2 is 1.65 bits per heavy atom. The molecule has 0 spiro atoms. The lowest BCUT2D eigenvalue weighted by Crippen LogP contribution is -2.26. The summed E-state index contributed by atoms with van der Waals surface area (Å²) in [7, 11) is 0. The van der Waals surface area contributed by atoms with Gasteiger partial charge in [0.25, 0.3) is 0 Å². The normalized spacial score (nSPS) is 14.6. The third kappa shape index (κ3) is 5.82. The summed E-state index contributed by atoms with van der Waals surface area (Å²) < 4.78 is 5.95. The Bertz CT molecular complexity index is 488. The van der Waals surface area contributed by atoms with Gasteiger partial charge in [0.15, 0.2) is 0 Å². The van der Waals surface area contributed by atoms with Crippen LogP contribution in [0.5, 0.6) is 5.75 Å². The SMILES string of the molecule is CCCC(O)C(O)CCc1cc(C)cc(C(C)(C)C)c1OCC. The van der Waals surface area contributed by atoms with Crippen molar-refractivity contribution in [2.24, 2.45) is 0 Å². The smallest absolute Gasteiger partial charge is 0.126 e. The average molecular weight is 322 g/mol. The molecule has 23 heavy (non-hydrogen) atoms. The molecular weight excluding hydrogens is 288 g/mol. The molecule has 1 rings (SSSR count). The van der Waals surface area contributed by atoms with Gasteiger partial charge in [-0.2, -0.15) is 0 Å². The molecule has 3 nitrogen and oxygen atoms in total. The number of hydrogen-bond donors (Lipinski definition) is 2. The Balaban J connectivity index is 3.03. The van der Waals surface area contributed by atoms with Crippen molar-refractivity contribution in [3.8, 4) is 5.75 Å². The Labute approximate surface area is 141 Å². The van der Waals surface area contributed by atoms with Gasteiger partial charge in [-0.15, -0.1) is 0 Å². The second-order valence-corrected chi connectivity index (χ2v) is 7.45. The molecule has 0 heterocycles. The minimum Gasteiger partial charge on any atom is -0.493 e. The lowest BCUT2D eigenvalue weighted by Gasteiger charge is -2.26. The zero-order valence-corrected chi connectivity index (χ0v) is 15.6. The molecule has 0 aliphatic carbocycles. The van der Waals surface area contributed by atoms with Crippen LogP contribution in [0.15, 0.2) is 12.1 Å². The highest BCUT2D eigenvalue weighted by molar-refractivity contribution is 5.48. The van der Waals surface area contributed by atoms with Gasteiger partial charge in [-0.1, -0.05) is 51.8 Å². The first kappa shape index (κ1) is 20.0. The van der Waals surface area contributed by atoms with Gasteiger partial charge in [0.05, 0.1) is 18.8 Å². The number of hydrogen-bond acceptors (Lipinski definition) is 3. The highest BCUT2D eigenvalue weighted by atomic mass is 16.5. The van der Waals surface area contributed by atoms with Crippen LogP contribution in [-0.4, -0.2) is 29.0 Å². The molecule has 0 amide bonds. The van der Waals surface area contributed by atoms with E-state index in [1.54, 1.807) is 0 Å². The van der Waals surface area contributed by atoms with Crippen LogP contribution in [0.3, 0.4) is 0 Å². The van der Waals surface area contributed by atoms with E-state index in [1.807, 2.05) is 13.8 Å². The van der Waals surface area contributed by atoms with E-state index < -0.39 is 12.2 Å². The van der Waals surface area contributed by atoms with E-state index in [0.29, 0.717) is 25.9 Å². The maximum Gasteiger partial charge on any atom is 0.126 e. The Hall–Kier alpha value is -1.06. The lowest BCUT2D eigenvalue weighted by molar-refractivity contribution is 0.00972. The molecule has 1 aromatic carbocycles. The fraction of sp³-hybridized carbons (Fsp3) is 0.700. The minimum atomic E-state index is -0.678. The van der Waals surface area contributed by atoms with Crippen LogP contribution in [0.2, 0.25) is 0 Å². The van der Waals surface area contributed by atoms with Crippen LogP contribution in [-0.2, 0) is 11.8 Å². The van der Waals surface area contributed by atoms with Crippen molar-refractivity contribution >= 4 is 0 Å². The van der Waals surface area contributed by atoms with E-state index in [-0.39, 0.29) is 5.41 Å². The first-order chi connectivity index (χ1) is 10.7. The number of aliphatic hydroxyl groups is 2. The van der Waals surface area contributed by atoms with Crippen LogP contribution in [0.25, 0.3) is 0 Å². The standard InChI is InChI=1S/C20H34O3/c1-7-9-17(21)18(22)11-10-15-12-14(3)13-16(20(4,5)6)19(15)23-8-2/h12-13,17-18,21-22H,7-11H2,1-6H3. The molecule has 3 heteroatoms. The molecule has 0 aliphatic rings. The minimum absolute atomic E-state index is 0.00557. The van der Waals surface area contributed by atoms with Crippen LogP contribution >= 0.6 is 0 Å². The Morgan fingerprint density at radius 1 is 1.04 bits per heavy atom. The Morgan fingerprint density at radius 3 is 2.17 bits per heavy atom. The van der Waals surface area contributed by atoms with Crippen LogP contribution in [0.4, 0.5) is 0 Å². The van der Waals surface area contributed by atoms with Crippen molar-refractivity contribution in [3.05, 3.63) is 28.8 Å². The van der Waals surface area contributed by atoms with Gasteiger partial charge < -0.3 is 14.9 Å². The summed E-state index contributed by atoms with van der Waals surface area (Å²) in [5, 5.41) is 20.1. The van der Waals surface area contributed by atoms with Crippen LogP contribution in [0.1, 0.15) is 70.6 Å². The molecule has 0 fully saturated rings. The summed E-state index contributed by atoms with van der Waals surface area (Å²) in [6.45, 7) is 13.3. The van der Waals surface area contributed by atoms with Crippen molar-refractivity contribution in [2.75, 3.05) is 6.61 Å². The molecule has 0 radical (unpaired) electrons. The van der Waals surface area contributed by atoms with Gasteiger partial charge >= 0.3 is 0 Å². The summed E-state index contributed by atoms with van der Waals surface area (Å²) in [6.07, 6.45) is 1.46. The summed E-state index contributed by atoms with van der Waals surface area (Å²) >= 11 is 0. The van der Waals surface area contributed by atoms with Crippen molar-refractivity contribution in [1.29, 1.82) is 0 Å². The van der Waals surface area contributed by atoms with Gasteiger partial charge in [-0.3, -0.25) is 0 Å². The molecule has 2 atom stereocenters. The van der Waals surface area contributed by atoms with Crippen molar-refractivity contribution in [2.45, 2.75) is 84.8 Å². The highest BCUT2D eigenvalue weighted by Gasteiger charge is 2.23. The molecule has 0 aliphatic heterocycles. The van der Waals surface area contributed by atoms with Crippen LogP contribution < -0.4 is 4.74 Å². The number of aliphatic hydroxyl groups excluding tert-OH is 2. The third-order valence-corrected chi connectivity index (χ3v) is 4.14. The van der Waals surface area contributed by atoms with Crippen LogP contribution in [0, 0.1) is 6.92 Å². The number of aryl methyl sites for hydroxylation is 2. The van der Waals surface area contributed by atoms with Gasteiger partial charge in [0.2, 0.25) is 0 Å². The zero-order chi connectivity index (χ0) is 17.6. The summed E-state index contributed by atoms with van der Waals surface area (Å²) in [4.78, 5) is 0. The molecular formula is C20H34O3. The van der Waals surface area contributed by atoms with Crippen molar-refractivity contribution in [3.63, 3.8) is 0 Å². The number of ether oxygens (including phenoxy) is 1. The molecule has 2 unspecified atom stereocenters. The van der Waals surface area contributed by atoms with E-state index in [4.69, 9.17) is 4.74 Å². The Kier molecular flexibility index (Phi) is 7.56. The highest BCUT2D eigenvalue weighted by Crippen LogP contribution is 2.36. The largest absolute Gasteiger partial charge is 0.493 e. The van der Waals surface area contributed by atoms with E-state index in [1.165, 1.54) is 11.1 Å². The maximum absolute atomic E-state index is 10.1. The monoisotopic (exact) mass is 322 g/mol. The molecule has 0 saturated heterocycles. The second-order valence-electron chi connectivity index (χ2n) is 7.45. The van der Waals surface area contributed by atoms with E-state index >= 15 is 0 Å². The fourth-order valence-electron chi connectivity index (χ4n) is 2.89. The third-order valence-electron chi connectivity index (χ3n) is 4.14.